The lowest BCUT2D eigenvalue weighted by atomic mass is 9.92. The Morgan fingerprint density at radius 3 is 2.95 bits per heavy atom. The summed E-state index contributed by atoms with van der Waals surface area (Å²) < 4.78 is 41.3. The van der Waals surface area contributed by atoms with Crippen molar-refractivity contribution in [2.45, 2.75) is 24.9 Å². The third-order valence-corrected chi connectivity index (χ3v) is 4.82. The maximum absolute atomic E-state index is 13.5. The van der Waals surface area contributed by atoms with Gasteiger partial charge in [0.05, 0.1) is 6.61 Å². The standard InChI is InChI=1S/C11H14FN2O7P/c1-6-8-11(4-12,5-19-22(17,18)21-8)20-9(6)14-3-2-7(15)13-10(14)16/h2-3,6,8-9H,4-5H2,1H3,(H,17,18)(H,13,15,16)/t6-,8-,9+,11+/m0/s1. The van der Waals surface area contributed by atoms with Crippen LogP contribution in [0.1, 0.15) is 13.2 Å². The lowest BCUT2D eigenvalue weighted by Gasteiger charge is -2.37. The van der Waals surface area contributed by atoms with Crippen LogP contribution >= 0.6 is 7.82 Å². The zero-order valence-corrected chi connectivity index (χ0v) is 12.4. The van der Waals surface area contributed by atoms with Crippen molar-refractivity contribution in [2.24, 2.45) is 5.92 Å². The number of halogens is 1. The Kier molecular flexibility index (Phi) is 3.61. The van der Waals surface area contributed by atoms with Crippen LogP contribution < -0.4 is 11.2 Å². The van der Waals surface area contributed by atoms with Gasteiger partial charge in [-0.15, -0.1) is 0 Å². The molecule has 1 aromatic rings. The number of nitrogens with one attached hydrogen (secondary N) is 1. The Bertz CT molecular complexity index is 748. The van der Waals surface area contributed by atoms with Gasteiger partial charge < -0.3 is 9.63 Å². The molecule has 22 heavy (non-hydrogen) atoms. The first-order valence-corrected chi connectivity index (χ1v) is 7.98. The van der Waals surface area contributed by atoms with Gasteiger partial charge in [-0.05, 0) is 0 Å². The van der Waals surface area contributed by atoms with Gasteiger partial charge in [0, 0.05) is 18.2 Å². The summed E-state index contributed by atoms with van der Waals surface area (Å²) in [4.78, 5) is 34.4. The number of aromatic amines is 1. The SMILES string of the molecule is C[C@@H]1[C@H](n2ccc(=O)[nH]c2=O)O[C@]2(CF)COP(=O)(O)O[C@@H]12. The van der Waals surface area contributed by atoms with Gasteiger partial charge in [-0.3, -0.25) is 23.4 Å². The molecule has 9 nitrogen and oxygen atoms in total. The fourth-order valence-electron chi connectivity index (χ4n) is 2.80. The minimum absolute atomic E-state index is 0.471. The van der Waals surface area contributed by atoms with Crippen LogP contribution in [-0.4, -0.2) is 39.4 Å². The molecule has 5 atom stereocenters. The summed E-state index contributed by atoms with van der Waals surface area (Å²) in [5.74, 6) is -0.622. The van der Waals surface area contributed by atoms with Crippen LogP contribution in [0.3, 0.4) is 0 Å². The molecule has 2 fully saturated rings. The smallest absolute Gasteiger partial charge is 0.343 e. The summed E-state index contributed by atoms with van der Waals surface area (Å²) in [6.45, 7) is 0.104. The maximum Gasteiger partial charge on any atom is 0.472 e. The summed E-state index contributed by atoms with van der Waals surface area (Å²) in [5, 5.41) is 0. The predicted octanol–water partition coefficient (Wildman–Crippen LogP) is -0.0744. The quantitative estimate of drug-likeness (QED) is 0.725. The number of rotatable bonds is 2. The molecule has 0 bridgehead atoms. The molecule has 2 saturated heterocycles. The summed E-state index contributed by atoms with van der Waals surface area (Å²) in [6.07, 6.45) is -0.817. The van der Waals surface area contributed by atoms with Crippen LogP contribution in [0.5, 0.6) is 0 Å². The molecule has 3 heterocycles. The number of nitrogens with zero attached hydrogens (tertiary/aromatic N) is 1. The molecule has 3 rings (SSSR count). The number of alkyl halides is 1. The van der Waals surface area contributed by atoms with Crippen LogP contribution in [0.4, 0.5) is 4.39 Å². The van der Waals surface area contributed by atoms with Crippen molar-refractivity contribution < 1.29 is 27.6 Å². The average Bonchev–Trinajstić information content (AvgIpc) is 2.72. The Labute approximate surface area is 123 Å². The van der Waals surface area contributed by atoms with Crippen LogP contribution in [0.25, 0.3) is 0 Å². The maximum atomic E-state index is 13.5. The number of hydrogen-bond acceptors (Lipinski definition) is 6. The number of phosphoric acid groups is 1. The van der Waals surface area contributed by atoms with Crippen molar-refractivity contribution in [2.75, 3.05) is 13.3 Å². The topological polar surface area (TPSA) is 120 Å². The van der Waals surface area contributed by atoms with E-state index in [-0.39, 0.29) is 0 Å². The molecule has 0 saturated carbocycles. The van der Waals surface area contributed by atoms with Gasteiger partial charge >= 0.3 is 13.5 Å². The summed E-state index contributed by atoms with van der Waals surface area (Å²) >= 11 is 0. The van der Waals surface area contributed by atoms with E-state index in [4.69, 9.17) is 9.26 Å². The molecule has 122 valence electrons. The normalized spacial score (nSPS) is 41.3. The molecule has 0 spiro atoms. The van der Waals surface area contributed by atoms with Crippen LogP contribution in [0, 0.1) is 5.92 Å². The average molecular weight is 336 g/mol. The van der Waals surface area contributed by atoms with E-state index in [9.17, 15) is 23.4 Å². The lowest BCUT2D eigenvalue weighted by molar-refractivity contribution is -0.153. The highest BCUT2D eigenvalue weighted by Crippen LogP contribution is 2.57. The van der Waals surface area contributed by atoms with Gasteiger partial charge in [0.2, 0.25) is 0 Å². The van der Waals surface area contributed by atoms with Gasteiger partial charge in [0.25, 0.3) is 5.56 Å². The molecule has 1 aromatic heterocycles. The summed E-state index contributed by atoms with van der Waals surface area (Å²) in [7, 11) is -4.28. The van der Waals surface area contributed by atoms with Crippen molar-refractivity contribution in [1.82, 2.24) is 9.55 Å². The Balaban J connectivity index is 2.01. The summed E-state index contributed by atoms with van der Waals surface area (Å²) in [5.41, 5.74) is -2.88. The molecule has 0 amide bonds. The minimum Gasteiger partial charge on any atom is -0.343 e. The molecule has 11 heteroatoms. The number of hydrogen-bond donors (Lipinski definition) is 2. The highest BCUT2D eigenvalue weighted by atomic mass is 31.2. The molecule has 1 unspecified atom stereocenters. The van der Waals surface area contributed by atoms with Crippen molar-refractivity contribution in [1.29, 1.82) is 0 Å². The van der Waals surface area contributed by atoms with E-state index in [1.165, 1.54) is 6.20 Å². The van der Waals surface area contributed by atoms with E-state index < -0.39 is 56.2 Å². The lowest BCUT2D eigenvalue weighted by Crippen LogP contribution is -2.51. The fourth-order valence-corrected chi connectivity index (χ4v) is 3.91. The molecule has 0 aliphatic carbocycles. The van der Waals surface area contributed by atoms with Crippen LogP contribution in [0.2, 0.25) is 0 Å². The Hall–Kier alpha value is -1.32. The number of ether oxygens (including phenoxy) is 1. The molecule has 2 aliphatic rings. The molecule has 2 aliphatic heterocycles. The number of aromatic nitrogens is 2. The van der Waals surface area contributed by atoms with E-state index in [1.807, 2.05) is 0 Å². The Morgan fingerprint density at radius 1 is 1.59 bits per heavy atom. The van der Waals surface area contributed by atoms with Crippen molar-refractivity contribution in [3.05, 3.63) is 33.1 Å². The zero-order valence-electron chi connectivity index (χ0n) is 11.5. The first kappa shape index (κ1) is 15.6. The van der Waals surface area contributed by atoms with E-state index in [0.29, 0.717) is 0 Å². The van der Waals surface area contributed by atoms with Gasteiger partial charge in [0.15, 0.2) is 0 Å². The highest BCUT2D eigenvalue weighted by Gasteiger charge is 2.61. The fraction of sp³-hybridized carbons (Fsp3) is 0.636. The molecular formula is C11H14FN2O7P. The monoisotopic (exact) mass is 336 g/mol. The van der Waals surface area contributed by atoms with Crippen LogP contribution in [0.15, 0.2) is 21.9 Å². The van der Waals surface area contributed by atoms with E-state index >= 15 is 0 Å². The molecule has 2 N–H and O–H groups in total. The second-order valence-corrected chi connectivity index (χ2v) is 6.76. The number of H-pyrrole nitrogens is 1. The minimum atomic E-state index is -4.28. The van der Waals surface area contributed by atoms with Crippen LogP contribution in [-0.2, 0) is 18.3 Å². The third kappa shape index (κ3) is 2.37. The highest BCUT2D eigenvalue weighted by molar-refractivity contribution is 7.47. The molecular weight excluding hydrogens is 322 g/mol. The Morgan fingerprint density at radius 2 is 2.32 bits per heavy atom. The predicted molar refractivity (Wildman–Crippen MR) is 70.0 cm³/mol. The molecule has 0 radical (unpaired) electrons. The third-order valence-electron chi connectivity index (χ3n) is 3.87. The summed E-state index contributed by atoms with van der Waals surface area (Å²) in [6, 6.07) is 1.12. The van der Waals surface area contributed by atoms with Gasteiger partial charge in [-0.2, -0.15) is 0 Å². The largest absolute Gasteiger partial charge is 0.472 e. The van der Waals surface area contributed by atoms with Crippen molar-refractivity contribution in [3.8, 4) is 0 Å². The van der Waals surface area contributed by atoms with E-state index in [2.05, 4.69) is 9.51 Å². The van der Waals surface area contributed by atoms with Crippen molar-refractivity contribution in [3.63, 3.8) is 0 Å². The van der Waals surface area contributed by atoms with E-state index in [0.717, 1.165) is 10.6 Å². The number of fused-ring (bicyclic) bond motifs is 1. The van der Waals surface area contributed by atoms with Gasteiger partial charge in [0.1, 0.15) is 24.6 Å². The van der Waals surface area contributed by atoms with E-state index in [1.54, 1.807) is 6.92 Å². The van der Waals surface area contributed by atoms with Crippen molar-refractivity contribution >= 4 is 7.82 Å². The zero-order chi connectivity index (χ0) is 16.1. The molecule has 0 aromatic carbocycles. The first-order chi connectivity index (χ1) is 10.3. The first-order valence-electron chi connectivity index (χ1n) is 6.49. The second-order valence-electron chi connectivity index (χ2n) is 5.35. The van der Waals surface area contributed by atoms with Gasteiger partial charge in [-0.1, -0.05) is 6.92 Å². The second kappa shape index (κ2) is 5.10. The van der Waals surface area contributed by atoms with Gasteiger partial charge in [-0.25, -0.2) is 13.8 Å². The number of phosphoric ester groups is 1.